The van der Waals surface area contributed by atoms with Crippen LogP contribution in [0.3, 0.4) is 0 Å². The van der Waals surface area contributed by atoms with Gasteiger partial charge in [0.1, 0.15) is 17.5 Å². The fourth-order valence-electron chi connectivity index (χ4n) is 2.27. The number of anilines is 2. The quantitative estimate of drug-likeness (QED) is 0.851. The van der Waals surface area contributed by atoms with E-state index in [-0.39, 0.29) is 6.04 Å². The summed E-state index contributed by atoms with van der Waals surface area (Å²) >= 11 is 0. The van der Waals surface area contributed by atoms with Gasteiger partial charge in [0.05, 0.1) is 6.04 Å². The van der Waals surface area contributed by atoms with E-state index in [1.807, 2.05) is 18.3 Å². The van der Waals surface area contributed by atoms with Gasteiger partial charge in [0, 0.05) is 30.9 Å². The molecule has 21 heavy (non-hydrogen) atoms. The first-order valence-electron chi connectivity index (χ1n) is 7.55. The van der Waals surface area contributed by atoms with Gasteiger partial charge in [-0.15, -0.1) is 0 Å². The van der Waals surface area contributed by atoms with Crippen LogP contribution >= 0.6 is 0 Å². The molecule has 1 unspecified atom stereocenters. The predicted octanol–water partition coefficient (Wildman–Crippen LogP) is 3.35. The highest BCUT2D eigenvalue weighted by Crippen LogP contribution is 2.39. The van der Waals surface area contributed by atoms with Crippen molar-refractivity contribution >= 4 is 11.6 Å². The standard InChI is InChI=1S/C16H21N5/c1-3-18-14-9-15(21-16(20-14)12-6-7-12)19-11(2)13-5-4-8-17-10-13/h4-5,8-12H,3,6-7H2,1-2H3,(H2,18,19,20,21). The summed E-state index contributed by atoms with van der Waals surface area (Å²) in [6.07, 6.45) is 6.07. The van der Waals surface area contributed by atoms with E-state index in [1.54, 1.807) is 6.20 Å². The highest BCUT2D eigenvalue weighted by molar-refractivity contribution is 5.49. The third-order valence-corrected chi connectivity index (χ3v) is 3.59. The van der Waals surface area contributed by atoms with Crippen LogP contribution in [0.4, 0.5) is 11.6 Å². The van der Waals surface area contributed by atoms with Gasteiger partial charge in [0.2, 0.25) is 0 Å². The van der Waals surface area contributed by atoms with E-state index in [2.05, 4.69) is 45.5 Å². The predicted molar refractivity (Wildman–Crippen MR) is 84.4 cm³/mol. The van der Waals surface area contributed by atoms with E-state index >= 15 is 0 Å². The summed E-state index contributed by atoms with van der Waals surface area (Å²) in [6, 6.07) is 6.16. The van der Waals surface area contributed by atoms with Gasteiger partial charge < -0.3 is 10.6 Å². The molecule has 5 nitrogen and oxygen atoms in total. The van der Waals surface area contributed by atoms with E-state index in [1.165, 1.54) is 12.8 Å². The Morgan fingerprint density at radius 3 is 2.76 bits per heavy atom. The number of nitrogens with zero attached hydrogens (tertiary/aromatic N) is 3. The van der Waals surface area contributed by atoms with E-state index in [9.17, 15) is 0 Å². The van der Waals surface area contributed by atoms with Crippen LogP contribution in [0.15, 0.2) is 30.6 Å². The molecule has 2 aromatic heterocycles. The zero-order chi connectivity index (χ0) is 14.7. The fraction of sp³-hybridized carbons (Fsp3) is 0.438. The summed E-state index contributed by atoms with van der Waals surface area (Å²) in [4.78, 5) is 13.4. The van der Waals surface area contributed by atoms with Crippen LogP contribution in [0, 0.1) is 0 Å². The van der Waals surface area contributed by atoms with Gasteiger partial charge in [0.25, 0.3) is 0 Å². The van der Waals surface area contributed by atoms with Crippen molar-refractivity contribution in [3.63, 3.8) is 0 Å². The summed E-state index contributed by atoms with van der Waals surface area (Å²) in [5.74, 6) is 3.27. The van der Waals surface area contributed by atoms with E-state index in [4.69, 9.17) is 0 Å². The molecule has 1 aliphatic rings. The molecule has 1 aliphatic carbocycles. The largest absolute Gasteiger partial charge is 0.370 e. The Labute approximate surface area is 125 Å². The van der Waals surface area contributed by atoms with E-state index < -0.39 is 0 Å². The molecule has 1 atom stereocenters. The van der Waals surface area contributed by atoms with Gasteiger partial charge in [-0.3, -0.25) is 4.98 Å². The highest BCUT2D eigenvalue weighted by Gasteiger charge is 2.27. The fourth-order valence-corrected chi connectivity index (χ4v) is 2.27. The molecule has 1 fully saturated rings. The molecule has 0 spiro atoms. The number of hydrogen-bond donors (Lipinski definition) is 2. The van der Waals surface area contributed by atoms with Crippen LogP contribution in [0.5, 0.6) is 0 Å². The molecule has 0 bridgehead atoms. The SMILES string of the molecule is CCNc1cc(NC(C)c2cccnc2)nc(C2CC2)n1. The Morgan fingerprint density at radius 1 is 1.29 bits per heavy atom. The van der Waals surface area contributed by atoms with Crippen LogP contribution in [-0.2, 0) is 0 Å². The lowest BCUT2D eigenvalue weighted by Crippen LogP contribution is -2.11. The summed E-state index contributed by atoms with van der Waals surface area (Å²) in [5.41, 5.74) is 1.15. The normalized spacial score (nSPS) is 15.5. The minimum absolute atomic E-state index is 0.162. The Kier molecular flexibility index (Phi) is 3.99. The average Bonchev–Trinajstić information content (AvgIpc) is 3.33. The molecule has 3 rings (SSSR count). The van der Waals surface area contributed by atoms with Crippen molar-refractivity contribution in [1.82, 2.24) is 15.0 Å². The van der Waals surface area contributed by atoms with Gasteiger partial charge in [-0.25, -0.2) is 9.97 Å². The maximum Gasteiger partial charge on any atom is 0.136 e. The zero-order valence-corrected chi connectivity index (χ0v) is 12.5. The van der Waals surface area contributed by atoms with Gasteiger partial charge in [-0.05, 0) is 38.3 Å². The van der Waals surface area contributed by atoms with Crippen molar-refractivity contribution < 1.29 is 0 Å². The molecule has 0 saturated heterocycles. The molecule has 0 radical (unpaired) electrons. The molecule has 0 amide bonds. The lowest BCUT2D eigenvalue weighted by atomic mass is 10.1. The van der Waals surface area contributed by atoms with Gasteiger partial charge >= 0.3 is 0 Å². The maximum absolute atomic E-state index is 4.66. The van der Waals surface area contributed by atoms with Crippen molar-refractivity contribution in [2.75, 3.05) is 17.2 Å². The molecular weight excluding hydrogens is 262 g/mol. The molecule has 5 heteroatoms. The van der Waals surface area contributed by atoms with Crippen molar-refractivity contribution in [2.45, 2.75) is 38.6 Å². The summed E-state index contributed by atoms with van der Waals surface area (Å²) in [6.45, 7) is 5.05. The molecule has 0 aliphatic heterocycles. The average molecular weight is 283 g/mol. The van der Waals surface area contributed by atoms with Crippen LogP contribution < -0.4 is 10.6 Å². The zero-order valence-electron chi connectivity index (χ0n) is 12.5. The molecule has 0 aromatic carbocycles. The first-order valence-corrected chi connectivity index (χ1v) is 7.55. The smallest absolute Gasteiger partial charge is 0.136 e. The second kappa shape index (κ2) is 6.08. The van der Waals surface area contributed by atoms with Crippen molar-refractivity contribution in [1.29, 1.82) is 0 Å². The van der Waals surface area contributed by atoms with Crippen molar-refractivity contribution in [3.8, 4) is 0 Å². The second-order valence-electron chi connectivity index (χ2n) is 5.45. The lowest BCUT2D eigenvalue weighted by Gasteiger charge is -2.16. The molecule has 2 heterocycles. The Hall–Kier alpha value is -2.17. The first kappa shape index (κ1) is 13.8. The minimum atomic E-state index is 0.162. The van der Waals surface area contributed by atoms with Gasteiger partial charge in [0.15, 0.2) is 0 Å². The Balaban J connectivity index is 1.80. The molecule has 110 valence electrons. The van der Waals surface area contributed by atoms with Gasteiger partial charge in [-0.2, -0.15) is 0 Å². The summed E-state index contributed by atoms with van der Waals surface area (Å²) in [7, 11) is 0. The number of aromatic nitrogens is 3. The molecule has 2 aromatic rings. The lowest BCUT2D eigenvalue weighted by molar-refractivity contribution is 0.848. The maximum atomic E-state index is 4.66. The van der Waals surface area contributed by atoms with Crippen LogP contribution in [0.25, 0.3) is 0 Å². The summed E-state index contributed by atoms with van der Waals surface area (Å²) < 4.78 is 0. The van der Waals surface area contributed by atoms with Crippen LogP contribution in [0.1, 0.15) is 50.0 Å². The monoisotopic (exact) mass is 283 g/mol. The van der Waals surface area contributed by atoms with Crippen LogP contribution in [-0.4, -0.2) is 21.5 Å². The third-order valence-electron chi connectivity index (χ3n) is 3.59. The van der Waals surface area contributed by atoms with E-state index in [0.717, 1.165) is 29.6 Å². The number of rotatable bonds is 6. The van der Waals surface area contributed by atoms with E-state index in [0.29, 0.717) is 5.92 Å². The number of nitrogens with one attached hydrogen (secondary N) is 2. The Morgan fingerprint density at radius 2 is 2.10 bits per heavy atom. The molecule has 2 N–H and O–H groups in total. The Bertz CT molecular complexity index is 595. The summed E-state index contributed by atoms with van der Waals surface area (Å²) in [5, 5.41) is 6.73. The first-order chi connectivity index (χ1) is 10.3. The molecular formula is C16H21N5. The third kappa shape index (κ3) is 3.48. The van der Waals surface area contributed by atoms with Gasteiger partial charge in [-0.1, -0.05) is 6.07 Å². The highest BCUT2D eigenvalue weighted by atomic mass is 15.1. The topological polar surface area (TPSA) is 62.7 Å². The molecule has 1 saturated carbocycles. The van der Waals surface area contributed by atoms with Crippen molar-refractivity contribution in [2.24, 2.45) is 0 Å². The van der Waals surface area contributed by atoms with Crippen molar-refractivity contribution in [3.05, 3.63) is 42.0 Å². The number of hydrogen-bond acceptors (Lipinski definition) is 5. The minimum Gasteiger partial charge on any atom is -0.370 e. The number of pyridine rings is 1. The second-order valence-corrected chi connectivity index (χ2v) is 5.45. The van der Waals surface area contributed by atoms with Crippen LogP contribution in [0.2, 0.25) is 0 Å².